The maximum absolute atomic E-state index is 11.0. The fourth-order valence-electron chi connectivity index (χ4n) is 4.99. The van der Waals surface area contributed by atoms with Gasteiger partial charge in [-0.1, -0.05) is 36.0 Å². The van der Waals surface area contributed by atoms with Crippen molar-refractivity contribution < 1.29 is 9.63 Å². The zero-order valence-electron chi connectivity index (χ0n) is 18.3. The summed E-state index contributed by atoms with van der Waals surface area (Å²) in [6, 6.07) is 9.02. The number of hydrogen-bond donors (Lipinski definition) is 2. The second kappa shape index (κ2) is 8.55. The van der Waals surface area contributed by atoms with Crippen LogP contribution in [0, 0.1) is 13.8 Å². The van der Waals surface area contributed by atoms with E-state index >= 15 is 0 Å². The van der Waals surface area contributed by atoms with Gasteiger partial charge < -0.3 is 19.8 Å². The predicted octanol–water partition coefficient (Wildman–Crippen LogP) is 3.76. The first-order valence-electron chi connectivity index (χ1n) is 11.5. The predicted molar refractivity (Wildman–Crippen MR) is 121 cm³/mol. The number of aliphatic hydroxyl groups is 1. The number of nitrogens with zero attached hydrogens (tertiary/aromatic N) is 4. The number of nitrogens with one attached hydrogen (secondary N) is 1. The maximum Gasteiger partial charge on any atom is 0.223 e. The van der Waals surface area contributed by atoms with Crippen LogP contribution in [0.25, 0.3) is 22.3 Å². The molecule has 2 aliphatic rings. The van der Waals surface area contributed by atoms with E-state index in [1.807, 2.05) is 6.07 Å². The van der Waals surface area contributed by atoms with E-state index < -0.39 is 6.10 Å². The van der Waals surface area contributed by atoms with Gasteiger partial charge in [0.05, 0.1) is 17.2 Å². The van der Waals surface area contributed by atoms with Crippen LogP contribution in [-0.4, -0.2) is 51.5 Å². The van der Waals surface area contributed by atoms with Gasteiger partial charge in [0.15, 0.2) is 0 Å². The van der Waals surface area contributed by atoms with Gasteiger partial charge in [-0.2, -0.15) is 4.98 Å². The largest absolute Gasteiger partial charge is 0.390 e. The Morgan fingerprint density at radius 3 is 2.65 bits per heavy atom. The third kappa shape index (κ3) is 4.29. The summed E-state index contributed by atoms with van der Waals surface area (Å²) in [4.78, 5) is 11.6. The highest BCUT2D eigenvalue weighted by atomic mass is 16.5. The Bertz CT molecular complexity index is 1060. The van der Waals surface area contributed by atoms with E-state index in [0.29, 0.717) is 24.3 Å². The summed E-state index contributed by atoms with van der Waals surface area (Å²) in [6.45, 7) is 5.24. The lowest BCUT2D eigenvalue weighted by Gasteiger charge is -2.39. The number of β-amino-alcohol motifs (C(OH)–C–C–N with tert-alkyl or cyclic N) is 1. The number of rotatable bonds is 4. The minimum atomic E-state index is -0.439. The summed E-state index contributed by atoms with van der Waals surface area (Å²) >= 11 is 0. The Hall–Kier alpha value is -2.51. The molecule has 0 amide bonds. The fraction of sp³-hybridized carbons (Fsp3) is 0.542. The molecule has 7 heteroatoms. The first-order valence-corrected chi connectivity index (χ1v) is 11.5. The van der Waals surface area contributed by atoms with E-state index in [1.165, 1.54) is 37.7 Å². The normalized spacial score (nSPS) is 22.9. The van der Waals surface area contributed by atoms with Crippen LogP contribution in [0.4, 0.5) is 5.82 Å². The minimum absolute atomic E-state index is 0.137. The summed E-state index contributed by atoms with van der Waals surface area (Å²) < 4.78 is 5.25. The van der Waals surface area contributed by atoms with Gasteiger partial charge in [0.25, 0.3) is 0 Å². The third-order valence-corrected chi connectivity index (χ3v) is 6.66. The van der Waals surface area contributed by atoms with Crippen molar-refractivity contribution in [2.75, 3.05) is 18.0 Å². The molecule has 2 fully saturated rings. The standard InChI is InChI=1S/C24H31N5O2/c1-15-8-9-20-17(12-15)13-19(23-25-16(2)31-28-23)24(27-20)29-11-10-21(22(30)14-29)26-18-6-4-3-5-7-18/h8-9,12-13,18,21-22,26,30H,3-7,10-11,14H2,1-2H3/t21-,22+/m0/s1. The Labute approximate surface area is 182 Å². The van der Waals surface area contributed by atoms with E-state index in [1.54, 1.807) is 6.92 Å². The van der Waals surface area contributed by atoms with Crippen LogP contribution in [-0.2, 0) is 0 Å². The van der Waals surface area contributed by atoms with Crippen LogP contribution >= 0.6 is 0 Å². The van der Waals surface area contributed by atoms with Crippen molar-refractivity contribution in [3.8, 4) is 11.4 Å². The number of aromatic nitrogens is 3. The number of pyridine rings is 1. The molecule has 5 rings (SSSR count). The van der Waals surface area contributed by atoms with Crippen molar-refractivity contribution >= 4 is 16.7 Å². The highest BCUT2D eigenvalue weighted by Crippen LogP contribution is 2.33. The lowest BCUT2D eigenvalue weighted by molar-refractivity contribution is 0.103. The van der Waals surface area contributed by atoms with Crippen molar-refractivity contribution in [1.29, 1.82) is 0 Å². The SMILES string of the molecule is Cc1ccc2nc(N3CC[C@H](NC4CCCCC4)[C@H](O)C3)c(-c3noc(C)n3)cc2c1. The molecule has 2 N–H and O–H groups in total. The molecule has 3 aromatic rings. The summed E-state index contributed by atoms with van der Waals surface area (Å²) in [6.07, 6.45) is 6.81. The number of anilines is 1. The summed E-state index contributed by atoms with van der Waals surface area (Å²) in [7, 11) is 0. The summed E-state index contributed by atoms with van der Waals surface area (Å²) in [5.74, 6) is 1.88. The molecule has 1 saturated carbocycles. The quantitative estimate of drug-likeness (QED) is 0.663. The number of aryl methyl sites for hydroxylation is 2. The highest BCUT2D eigenvalue weighted by Gasteiger charge is 2.32. The molecule has 0 bridgehead atoms. The van der Waals surface area contributed by atoms with Crippen LogP contribution in [0.3, 0.4) is 0 Å². The molecule has 1 saturated heterocycles. The lowest BCUT2D eigenvalue weighted by Crippen LogP contribution is -2.55. The van der Waals surface area contributed by atoms with Crippen molar-refractivity contribution in [3.05, 3.63) is 35.7 Å². The Morgan fingerprint density at radius 1 is 1.06 bits per heavy atom. The monoisotopic (exact) mass is 421 g/mol. The highest BCUT2D eigenvalue weighted by molar-refractivity contribution is 5.88. The average Bonchev–Trinajstić information content (AvgIpc) is 3.21. The zero-order chi connectivity index (χ0) is 21.4. The molecular weight excluding hydrogens is 390 g/mol. The maximum atomic E-state index is 11.0. The zero-order valence-corrected chi connectivity index (χ0v) is 18.3. The average molecular weight is 422 g/mol. The smallest absolute Gasteiger partial charge is 0.223 e. The van der Waals surface area contributed by atoms with Crippen LogP contribution in [0.5, 0.6) is 0 Å². The van der Waals surface area contributed by atoms with Crippen LogP contribution in [0.2, 0.25) is 0 Å². The number of piperidine rings is 1. The molecule has 0 spiro atoms. The molecule has 31 heavy (non-hydrogen) atoms. The van der Waals surface area contributed by atoms with Gasteiger partial charge in [0.2, 0.25) is 11.7 Å². The van der Waals surface area contributed by atoms with Gasteiger partial charge in [-0.15, -0.1) is 0 Å². The van der Waals surface area contributed by atoms with Crippen molar-refractivity contribution in [2.24, 2.45) is 0 Å². The molecular formula is C24H31N5O2. The van der Waals surface area contributed by atoms with E-state index in [2.05, 4.69) is 45.5 Å². The molecule has 1 aliphatic carbocycles. The van der Waals surface area contributed by atoms with Crippen LogP contribution in [0.1, 0.15) is 50.0 Å². The molecule has 7 nitrogen and oxygen atoms in total. The fourth-order valence-corrected chi connectivity index (χ4v) is 4.99. The lowest BCUT2D eigenvalue weighted by atomic mass is 9.92. The molecule has 0 unspecified atom stereocenters. The number of hydrogen-bond acceptors (Lipinski definition) is 7. The van der Waals surface area contributed by atoms with E-state index in [4.69, 9.17) is 9.51 Å². The van der Waals surface area contributed by atoms with Gasteiger partial charge >= 0.3 is 0 Å². The molecule has 1 aliphatic heterocycles. The van der Waals surface area contributed by atoms with Gasteiger partial charge in [-0.3, -0.25) is 0 Å². The Balaban J connectivity index is 1.43. The van der Waals surface area contributed by atoms with Gasteiger partial charge in [-0.25, -0.2) is 4.98 Å². The molecule has 1 aromatic carbocycles. The van der Waals surface area contributed by atoms with Crippen molar-refractivity contribution in [3.63, 3.8) is 0 Å². The summed E-state index contributed by atoms with van der Waals surface area (Å²) in [5, 5.41) is 19.9. The number of fused-ring (bicyclic) bond motifs is 1. The molecule has 0 radical (unpaired) electrons. The molecule has 2 atom stereocenters. The Morgan fingerprint density at radius 2 is 1.90 bits per heavy atom. The number of aliphatic hydroxyl groups excluding tert-OH is 1. The molecule has 164 valence electrons. The second-order valence-electron chi connectivity index (χ2n) is 9.10. The third-order valence-electron chi connectivity index (χ3n) is 6.66. The van der Waals surface area contributed by atoms with Crippen molar-refractivity contribution in [2.45, 2.75) is 70.6 Å². The molecule has 2 aromatic heterocycles. The minimum Gasteiger partial charge on any atom is -0.390 e. The van der Waals surface area contributed by atoms with Gasteiger partial charge in [-0.05, 0) is 44.4 Å². The first-order chi connectivity index (χ1) is 15.1. The van der Waals surface area contributed by atoms with Crippen LogP contribution in [0.15, 0.2) is 28.8 Å². The van der Waals surface area contributed by atoms with Crippen molar-refractivity contribution in [1.82, 2.24) is 20.4 Å². The topological polar surface area (TPSA) is 87.3 Å². The van der Waals surface area contributed by atoms with Gasteiger partial charge in [0.1, 0.15) is 5.82 Å². The number of benzene rings is 1. The summed E-state index contributed by atoms with van der Waals surface area (Å²) in [5.41, 5.74) is 2.96. The van der Waals surface area contributed by atoms with E-state index in [9.17, 15) is 5.11 Å². The van der Waals surface area contributed by atoms with E-state index in [-0.39, 0.29) is 6.04 Å². The Kier molecular flexibility index (Phi) is 5.63. The molecule has 3 heterocycles. The first kappa shape index (κ1) is 20.4. The van der Waals surface area contributed by atoms with Crippen LogP contribution < -0.4 is 10.2 Å². The second-order valence-corrected chi connectivity index (χ2v) is 9.10. The van der Waals surface area contributed by atoms with E-state index in [0.717, 1.165) is 35.2 Å². The van der Waals surface area contributed by atoms with Gasteiger partial charge in [0, 0.05) is 37.5 Å².